The molecule has 1 unspecified atom stereocenters. The lowest BCUT2D eigenvalue weighted by atomic mass is 10.1. The summed E-state index contributed by atoms with van der Waals surface area (Å²) < 4.78 is 0. The van der Waals surface area contributed by atoms with Gasteiger partial charge < -0.3 is 10.6 Å². The van der Waals surface area contributed by atoms with Crippen molar-refractivity contribution < 1.29 is 0 Å². The van der Waals surface area contributed by atoms with Crippen LogP contribution in [-0.4, -0.2) is 19.1 Å². The van der Waals surface area contributed by atoms with Gasteiger partial charge in [0.15, 0.2) is 0 Å². The summed E-state index contributed by atoms with van der Waals surface area (Å²) in [5.41, 5.74) is 0. The standard InChI is InChI=1S/C11H18N2S/c1-9(11-5-3-7-14-11)13-10-4-2-6-12-8-10/h3,5,7,9-10,12-13H,2,4,6,8H2,1H3/t9?,10-/m1/s1. The average Bonchev–Trinajstić information content (AvgIpc) is 2.72. The summed E-state index contributed by atoms with van der Waals surface area (Å²) in [5.74, 6) is 0. The van der Waals surface area contributed by atoms with Crippen molar-refractivity contribution in [3.63, 3.8) is 0 Å². The molecule has 3 heteroatoms. The van der Waals surface area contributed by atoms with Crippen LogP contribution >= 0.6 is 11.3 Å². The molecule has 2 heterocycles. The summed E-state index contributed by atoms with van der Waals surface area (Å²) in [5, 5.41) is 9.24. The predicted octanol–water partition coefficient (Wildman–Crippen LogP) is 2.15. The lowest BCUT2D eigenvalue weighted by Crippen LogP contribution is -2.43. The molecule has 1 aromatic rings. The second-order valence-electron chi connectivity index (χ2n) is 3.95. The first-order valence-electron chi connectivity index (χ1n) is 5.36. The molecule has 1 aliphatic heterocycles. The first-order valence-corrected chi connectivity index (χ1v) is 6.24. The molecule has 1 fully saturated rings. The van der Waals surface area contributed by atoms with Gasteiger partial charge in [0.1, 0.15) is 0 Å². The van der Waals surface area contributed by atoms with Gasteiger partial charge in [-0.05, 0) is 37.8 Å². The van der Waals surface area contributed by atoms with Gasteiger partial charge in [-0.15, -0.1) is 11.3 Å². The molecular weight excluding hydrogens is 192 g/mol. The molecule has 1 aliphatic rings. The highest BCUT2D eigenvalue weighted by molar-refractivity contribution is 7.10. The van der Waals surface area contributed by atoms with Gasteiger partial charge in [-0.2, -0.15) is 0 Å². The fourth-order valence-electron chi connectivity index (χ4n) is 1.97. The Balaban J connectivity index is 1.84. The second-order valence-corrected chi connectivity index (χ2v) is 4.93. The Morgan fingerprint density at radius 1 is 1.64 bits per heavy atom. The Labute approximate surface area is 89.7 Å². The molecule has 0 saturated carbocycles. The maximum Gasteiger partial charge on any atom is 0.0388 e. The third kappa shape index (κ3) is 2.56. The molecule has 2 atom stereocenters. The van der Waals surface area contributed by atoms with Gasteiger partial charge in [-0.1, -0.05) is 6.07 Å². The number of thiophene rings is 1. The quantitative estimate of drug-likeness (QED) is 0.799. The molecule has 0 bridgehead atoms. The summed E-state index contributed by atoms with van der Waals surface area (Å²) in [7, 11) is 0. The highest BCUT2D eigenvalue weighted by Crippen LogP contribution is 2.19. The predicted molar refractivity (Wildman–Crippen MR) is 61.8 cm³/mol. The normalized spacial score (nSPS) is 24.8. The van der Waals surface area contributed by atoms with Crippen molar-refractivity contribution in [2.45, 2.75) is 31.8 Å². The van der Waals surface area contributed by atoms with Crippen LogP contribution in [0.25, 0.3) is 0 Å². The van der Waals surface area contributed by atoms with Gasteiger partial charge in [-0.25, -0.2) is 0 Å². The summed E-state index contributed by atoms with van der Waals surface area (Å²) in [6.45, 7) is 4.56. The minimum atomic E-state index is 0.500. The van der Waals surface area contributed by atoms with Crippen LogP contribution in [-0.2, 0) is 0 Å². The molecule has 0 amide bonds. The van der Waals surface area contributed by atoms with E-state index in [0.717, 1.165) is 6.54 Å². The Morgan fingerprint density at radius 3 is 3.21 bits per heavy atom. The first kappa shape index (κ1) is 10.1. The number of piperidine rings is 1. The molecule has 1 saturated heterocycles. The van der Waals surface area contributed by atoms with Crippen molar-refractivity contribution in [1.82, 2.24) is 10.6 Å². The molecule has 2 N–H and O–H groups in total. The van der Waals surface area contributed by atoms with E-state index in [9.17, 15) is 0 Å². The van der Waals surface area contributed by atoms with Crippen LogP contribution in [0, 0.1) is 0 Å². The van der Waals surface area contributed by atoms with E-state index in [-0.39, 0.29) is 0 Å². The Bertz CT molecular complexity index is 252. The van der Waals surface area contributed by atoms with Crippen LogP contribution in [0.5, 0.6) is 0 Å². The molecule has 78 valence electrons. The van der Waals surface area contributed by atoms with Crippen molar-refractivity contribution >= 4 is 11.3 Å². The van der Waals surface area contributed by atoms with Crippen molar-refractivity contribution in [3.8, 4) is 0 Å². The van der Waals surface area contributed by atoms with Gasteiger partial charge in [0.25, 0.3) is 0 Å². The number of hydrogen-bond acceptors (Lipinski definition) is 3. The van der Waals surface area contributed by atoms with E-state index in [1.807, 2.05) is 11.3 Å². The monoisotopic (exact) mass is 210 g/mol. The zero-order valence-electron chi connectivity index (χ0n) is 8.62. The summed E-state index contributed by atoms with van der Waals surface area (Å²) in [6, 6.07) is 5.48. The molecule has 0 aliphatic carbocycles. The van der Waals surface area contributed by atoms with Gasteiger partial charge in [0, 0.05) is 23.5 Å². The van der Waals surface area contributed by atoms with Crippen LogP contribution in [0.4, 0.5) is 0 Å². The molecule has 0 spiro atoms. The largest absolute Gasteiger partial charge is 0.315 e. The van der Waals surface area contributed by atoms with E-state index < -0.39 is 0 Å². The molecule has 0 aromatic carbocycles. The van der Waals surface area contributed by atoms with Gasteiger partial charge in [0.05, 0.1) is 0 Å². The molecule has 2 nitrogen and oxygen atoms in total. The van der Waals surface area contributed by atoms with Crippen LogP contribution in [0.2, 0.25) is 0 Å². The summed E-state index contributed by atoms with van der Waals surface area (Å²) in [6.07, 6.45) is 2.61. The second kappa shape index (κ2) is 4.91. The van der Waals surface area contributed by atoms with E-state index in [0.29, 0.717) is 12.1 Å². The molecule has 0 radical (unpaired) electrons. The van der Waals surface area contributed by atoms with E-state index in [1.165, 1.54) is 24.3 Å². The molecule has 14 heavy (non-hydrogen) atoms. The van der Waals surface area contributed by atoms with Gasteiger partial charge in [0.2, 0.25) is 0 Å². The average molecular weight is 210 g/mol. The minimum absolute atomic E-state index is 0.500. The van der Waals surface area contributed by atoms with Crippen LogP contribution in [0.1, 0.15) is 30.7 Å². The van der Waals surface area contributed by atoms with Crippen LogP contribution in [0.3, 0.4) is 0 Å². The number of rotatable bonds is 3. The number of hydrogen-bond donors (Lipinski definition) is 2. The zero-order chi connectivity index (χ0) is 9.80. The SMILES string of the molecule is CC(N[C@@H]1CCCNC1)c1cccs1. The van der Waals surface area contributed by atoms with Gasteiger partial charge >= 0.3 is 0 Å². The van der Waals surface area contributed by atoms with Crippen LogP contribution < -0.4 is 10.6 Å². The fourth-order valence-corrected chi connectivity index (χ4v) is 2.71. The lowest BCUT2D eigenvalue weighted by molar-refractivity contribution is 0.364. The van der Waals surface area contributed by atoms with Crippen LogP contribution in [0.15, 0.2) is 17.5 Å². The fraction of sp³-hybridized carbons (Fsp3) is 0.636. The Kier molecular flexibility index (Phi) is 3.56. The van der Waals surface area contributed by atoms with Crippen molar-refractivity contribution in [1.29, 1.82) is 0 Å². The minimum Gasteiger partial charge on any atom is -0.315 e. The molecular formula is C11H18N2S. The van der Waals surface area contributed by atoms with E-state index in [1.54, 1.807) is 0 Å². The first-order chi connectivity index (χ1) is 6.86. The number of nitrogens with one attached hydrogen (secondary N) is 2. The van der Waals surface area contributed by atoms with Gasteiger partial charge in [-0.3, -0.25) is 0 Å². The van der Waals surface area contributed by atoms with E-state index in [4.69, 9.17) is 0 Å². The lowest BCUT2D eigenvalue weighted by Gasteiger charge is -2.26. The molecule has 2 rings (SSSR count). The third-order valence-electron chi connectivity index (χ3n) is 2.75. The smallest absolute Gasteiger partial charge is 0.0388 e. The highest BCUT2D eigenvalue weighted by atomic mass is 32.1. The topological polar surface area (TPSA) is 24.1 Å². The maximum absolute atomic E-state index is 3.67. The molecule has 1 aromatic heterocycles. The van der Waals surface area contributed by atoms with Crippen molar-refractivity contribution in [2.75, 3.05) is 13.1 Å². The van der Waals surface area contributed by atoms with E-state index >= 15 is 0 Å². The third-order valence-corrected chi connectivity index (χ3v) is 3.81. The maximum atomic E-state index is 3.67. The van der Waals surface area contributed by atoms with Crippen molar-refractivity contribution in [2.24, 2.45) is 0 Å². The van der Waals surface area contributed by atoms with Crippen molar-refractivity contribution in [3.05, 3.63) is 22.4 Å². The Hall–Kier alpha value is -0.380. The zero-order valence-corrected chi connectivity index (χ0v) is 9.44. The van der Waals surface area contributed by atoms with E-state index in [2.05, 4.69) is 35.1 Å². The summed E-state index contributed by atoms with van der Waals surface area (Å²) in [4.78, 5) is 1.44. The summed E-state index contributed by atoms with van der Waals surface area (Å²) >= 11 is 1.84. The highest BCUT2D eigenvalue weighted by Gasteiger charge is 2.15. The Morgan fingerprint density at radius 2 is 2.57 bits per heavy atom.